The number of aromatic nitrogens is 2. The molecule has 3 rings (SSSR count). The van der Waals surface area contributed by atoms with Crippen LogP contribution in [0, 0.1) is 0 Å². The maximum Gasteiger partial charge on any atom is 0.329 e. The highest BCUT2D eigenvalue weighted by atomic mass is 16.2. The zero-order valence-electron chi connectivity index (χ0n) is 14.2. The molecular weight excluding hydrogens is 306 g/mol. The van der Waals surface area contributed by atoms with Crippen LogP contribution in [-0.2, 0) is 0 Å². The van der Waals surface area contributed by atoms with Gasteiger partial charge in [0.2, 0.25) is 0 Å². The Bertz CT molecular complexity index is 871. The van der Waals surface area contributed by atoms with Crippen LogP contribution < -0.4 is 11.2 Å². The van der Waals surface area contributed by atoms with Crippen LogP contribution in [0.5, 0.6) is 0 Å². The summed E-state index contributed by atoms with van der Waals surface area (Å²) in [6.45, 7) is 5.12. The molecule has 2 aromatic rings. The van der Waals surface area contributed by atoms with Crippen LogP contribution in [0.1, 0.15) is 55.9 Å². The number of hydrogen-bond donors (Lipinski definition) is 1. The monoisotopic (exact) mass is 329 g/mol. The van der Waals surface area contributed by atoms with Gasteiger partial charge in [-0.3, -0.25) is 14.2 Å². The number of carbonyl (C=O) groups excluding carboxylic acids is 1. The van der Waals surface area contributed by atoms with Crippen LogP contribution in [0.4, 0.5) is 0 Å². The van der Waals surface area contributed by atoms with E-state index in [1.165, 1.54) is 4.57 Å². The van der Waals surface area contributed by atoms with Crippen LogP contribution in [0.2, 0.25) is 0 Å². The number of benzene rings is 1. The van der Waals surface area contributed by atoms with E-state index in [1.54, 1.807) is 32.0 Å². The van der Waals surface area contributed by atoms with Gasteiger partial charge in [-0.05, 0) is 44.9 Å². The van der Waals surface area contributed by atoms with Gasteiger partial charge in [-0.15, -0.1) is 0 Å². The predicted molar refractivity (Wildman–Crippen MR) is 93.6 cm³/mol. The molecule has 6 nitrogen and oxygen atoms in total. The highest BCUT2D eigenvalue weighted by Crippen LogP contribution is 2.16. The van der Waals surface area contributed by atoms with Crippen molar-refractivity contribution in [1.82, 2.24) is 14.5 Å². The van der Waals surface area contributed by atoms with Crippen LogP contribution in [-0.4, -0.2) is 33.4 Å². The third-order valence-electron chi connectivity index (χ3n) is 4.59. The lowest BCUT2D eigenvalue weighted by Gasteiger charge is -2.20. The average Bonchev–Trinajstić information content (AvgIpc) is 2.82. The minimum Gasteiger partial charge on any atom is -0.339 e. The number of likely N-dealkylation sites (tertiary alicyclic amines) is 1. The summed E-state index contributed by atoms with van der Waals surface area (Å²) in [6, 6.07) is 4.72. The molecule has 24 heavy (non-hydrogen) atoms. The van der Waals surface area contributed by atoms with Crippen molar-refractivity contribution in [3.8, 4) is 0 Å². The number of nitrogens with zero attached hydrogens (tertiary/aromatic N) is 2. The van der Waals surface area contributed by atoms with Crippen molar-refractivity contribution in [3.05, 3.63) is 44.6 Å². The summed E-state index contributed by atoms with van der Waals surface area (Å²) in [6.07, 6.45) is 4.36. The molecule has 2 heterocycles. The third-order valence-corrected chi connectivity index (χ3v) is 4.59. The molecule has 0 unspecified atom stereocenters. The van der Waals surface area contributed by atoms with Crippen molar-refractivity contribution in [2.24, 2.45) is 0 Å². The van der Waals surface area contributed by atoms with Crippen molar-refractivity contribution in [2.45, 2.75) is 45.6 Å². The molecule has 1 aliphatic rings. The number of rotatable bonds is 2. The summed E-state index contributed by atoms with van der Waals surface area (Å²) in [7, 11) is 0. The molecule has 6 heteroatoms. The SMILES string of the molecule is CC(C)n1c(=O)[nH]c2cc(C(=O)N3CCCCCC3)ccc2c1=O. The molecule has 0 bridgehead atoms. The lowest BCUT2D eigenvalue weighted by molar-refractivity contribution is 0.0762. The number of hydrogen-bond acceptors (Lipinski definition) is 3. The Hall–Kier alpha value is -2.37. The molecule has 1 aromatic heterocycles. The zero-order valence-corrected chi connectivity index (χ0v) is 14.2. The van der Waals surface area contributed by atoms with Gasteiger partial charge in [0.1, 0.15) is 0 Å². The van der Waals surface area contributed by atoms with Gasteiger partial charge < -0.3 is 9.88 Å². The lowest BCUT2D eigenvalue weighted by atomic mass is 10.1. The van der Waals surface area contributed by atoms with Gasteiger partial charge in [0.05, 0.1) is 10.9 Å². The molecule has 1 amide bonds. The van der Waals surface area contributed by atoms with Crippen molar-refractivity contribution < 1.29 is 4.79 Å². The Morgan fingerprint density at radius 1 is 1.08 bits per heavy atom. The largest absolute Gasteiger partial charge is 0.339 e. The van der Waals surface area contributed by atoms with Gasteiger partial charge >= 0.3 is 5.69 Å². The van der Waals surface area contributed by atoms with Gasteiger partial charge in [0.25, 0.3) is 11.5 Å². The molecule has 0 aliphatic carbocycles. The summed E-state index contributed by atoms with van der Waals surface area (Å²) in [5.41, 5.74) is 0.170. The third kappa shape index (κ3) is 3.00. The molecule has 1 aliphatic heterocycles. The molecule has 1 fully saturated rings. The maximum atomic E-state index is 12.7. The normalized spacial score (nSPS) is 15.7. The Balaban J connectivity index is 2.03. The van der Waals surface area contributed by atoms with Gasteiger partial charge in [-0.25, -0.2) is 4.79 Å². The van der Waals surface area contributed by atoms with Crippen LogP contribution in [0.15, 0.2) is 27.8 Å². The smallest absolute Gasteiger partial charge is 0.329 e. The molecule has 1 N–H and O–H groups in total. The summed E-state index contributed by atoms with van der Waals surface area (Å²) in [5, 5.41) is 0.427. The quantitative estimate of drug-likeness (QED) is 0.918. The van der Waals surface area contributed by atoms with E-state index in [1.807, 2.05) is 4.90 Å². The first-order chi connectivity index (χ1) is 11.5. The molecule has 1 aromatic carbocycles. The summed E-state index contributed by atoms with van der Waals surface area (Å²) in [5.74, 6) is -0.0345. The molecule has 0 atom stereocenters. The van der Waals surface area contributed by atoms with Gasteiger partial charge in [-0.1, -0.05) is 12.8 Å². The fourth-order valence-electron chi connectivity index (χ4n) is 3.29. The molecule has 0 radical (unpaired) electrons. The van der Waals surface area contributed by atoms with E-state index in [-0.39, 0.29) is 17.5 Å². The zero-order chi connectivity index (χ0) is 17.3. The lowest BCUT2D eigenvalue weighted by Crippen LogP contribution is -2.36. The highest BCUT2D eigenvalue weighted by Gasteiger charge is 2.18. The molecular formula is C18H23N3O3. The second-order valence-corrected chi connectivity index (χ2v) is 6.67. The summed E-state index contributed by atoms with van der Waals surface area (Å²) < 4.78 is 1.19. The molecule has 0 spiro atoms. The molecule has 128 valence electrons. The second kappa shape index (κ2) is 6.63. The van der Waals surface area contributed by atoms with E-state index in [0.717, 1.165) is 38.8 Å². The van der Waals surface area contributed by atoms with E-state index in [2.05, 4.69) is 4.98 Å². The summed E-state index contributed by atoms with van der Waals surface area (Å²) in [4.78, 5) is 41.9. The van der Waals surface area contributed by atoms with Crippen LogP contribution in [0.3, 0.4) is 0 Å². The number of H-pyrrole nitrogens is 1. The fourth-order valence-corrected chi connectivity index (χ4v) is 3.29. The van der Waals surface area contributed by atoms with E-state index in [9.17, 15) is 14.4 Å². The van der Waals surface area contributed by atoms with Crippen LogP contribution >= 0.6 is 0 Å². The number of amides is 1. The Morgan fingerprint density at radius 3 is 2.38 bits per heavy atom. The average molecular weight is 329 g/mol. The van der Waals surface area contributed by atoms with Gasteiger partial charge in [-0.2, -0.15) is 0 Å². The van der Waals surface area contributed by atoms with Crippen molar-refractivity contribution >= 4 is 16.8 Å². The minimum absolute atomic E-state index is 0.0345. The van der Waals surface area contributed by atoms with E-state index in [0.29, 0.717) is 16.5 Å². The minimum atomic E-state index is -0.443. The number of fused-ring (bicyclic) bond motifs is 1. The van der Waals surface area contributed by atoms with E-state index < -0.39 is 5.69 Å². The van der Waals surface area contributed by atoms with Gasteiger partial charge in [0.15, 0.2) is 0 Å². The Kier molecular flexibility index (Phi) is 4.55. The molecule has 1 saturated heterocycles. The standard InChI is InChI=1S/C18H23N3O3/c1-12(2)21-17(23)14-8-7-13(11-15(14)19-18(21)24)16(22)20-9-5-3-4-6-10-20/h7-8,11-12H,3-6,9-10H2,1-2H3,(H,19,24). The molecule has 0 saturated carbocycles. The number of aromatic amines is 1. The Labute approximate surface area is 140 Å². The van der Waals surface area contributed by atoms with Crippen molar-refractivity contribution in [1.29, 1.82) is 0 Å². The maximum absolute atomic E-state index is 12.7. The topological polar surface area (TPSA) is 75.2 Å². The first-order valence-electron chi connectivity index (χ1n) is 8.57. The second-order valence-electron chi connectivity index (χ2n) is 6.67. The predicted octanol–water partition coefficient (Wildman–Crippen LogP) is 2.29. The number of nitrogens with one attached hydrogen (secondary N) is 1. The van der Waals surface area contributed by atoms with E-state index in [4.69, 9.17) is 0 Å². The van der Waals surface area contributed by atoms with Gasteiger partial charge in [0, 0.05) is 24.7 Å². The fraction of sp³-hybridized carbons (Fsp3) is 0.500. The van der Waals surface area contributed by atoms with Crippen molar-refractivity contribution in [3.63, 3.8) is 0 Å². The number of carbonyl (C=O) groups is 1. The summed E-state index contributed by atoms with van der Waals surface area (Å²) >= 11 is 0. The highest BCUT2D eigenvalue weighted by molar-refractivity contribution is 5.97. The van der Waals surface area contributed by atoms with Crippen molar-refractivity contribution in [2.75, 3.05) is 13.1 Å². The first kappa shape index (κ1) is 16.5. The van der Waals surface area contributed by atoms with Crippen LogP contribution in [0.25, 0.3) is 10.9 Å². The first-order valence-corrected chi connectivity index (χ1v) is 8.57. The Morgan fingerprint density at radius 2 is 1.75 bits per heavy atom. The van der Waals surface area contributed by atoms with E-state index >= 15 is 0 Å².